The van der Waals surface area contributed by atoms with Gasteiger partial charge in [-0.1, -0.05) is 25.1 Å². The SMILES string of the molecule is CCOCCOCCN1c2ccccc2[C@H](C)CC1(C)C. The van der Waals surface area contributed by atoms with E-state index >= 15 is 0 Å². The zero-order chi connectivity index (χ0) is 15.3. The third kappa shape index (κ3) is 3.98. The number of fused-ring (bicyclic) bond motifs is 1. The molecule has 0 fully saturated rings. The molecule has 1 aliphatic rings. The Morgan fingerprint density at radius 3 is 2.62 bits per heavy atom. The summed E-state index contributed by atoms with van der Waals surface area (Å²) in [6.07, 6.45) is 1.18. The van der Waals surface area contributed by atoms with Gasteiger partial charge in [0.15, 0.2) is 0 Å². The van der Waals surface area contributed by atoms with E-state index in [0.29, 0.717) is 19.1 Å². The molecule has 1 heterocycles. The summed E-state index contributed by atoms with van der Waals surface area (Å²) in [5.41, 5.74) is 3.01. The van der Waals surface area contributed by atoms with Gasteiger partial charge in [0, 0.05) is 24.4 Å². The van der Waals surface area contributed by atoms with Crippen LogP contribution in [0.1, 0.15) is 45.6 Å². The summed E-state index contributed by atoms with van der Waals surface area (Å²) in [6.45, 7) is 12.8. The lowest BCUT2D eigenvalue weighted by molar-refractivity contribution is 0.0542. The van der Waals surface area contributed by atoms with Crippen molar-refractivity contribution in [2.45, 2.75) is 45.6 Å². The summed E-state index contributed by atoms with van der Waals surface area (Å²) in [6, 6.07) is 8.78. The molecule has 0 amide bonds. The molecule has 0 aliphatic carbocycles. The van der Waals surface area contributed by atoms with Gasteiger partial charge in [0.05, 0.1) is 19.8 Å². The van der Waals surface area contributed by atoms with Crippen molar-refractivity contribution in [3.05, 3.63) is 29.8 Å². The highest BCUT2D eigenvalue weighted by Crippen LogP contribution is 2.42. The first-order chi connectivity index (χ1) is 10.1. The Balaban J connectivity index is 1.98. The second-order valence-corrected chi connectivity index (χ2v) is 6.44. The van der Waals surface area contributed by atoms with E-state index in [1.807, 2.05) is 6.92 Å². The average molecular weight is 291 g/mol. The highest BCUT2D eigenvalue weighted by Gasteiger charge is 2.35. The molecule has 0 unspecified atom stereocenters. The van der Waals surface area contributed by atoms with Crippen molar-refractivity contribution in [3.8, 4) is 0 Å². The molecule has 3 nitrogen and oxygen atoms in total. The van der Waals surface area contributed by atoms with E-state index in [1.165, 1.54) is 17.7 Å². The second-order valence-electron chi connectivity index (χ2n) is 6.44. The van der Waals surface area contributed by atoms with Crippen LogP contribution in [0.25, 0.3) is 0 Å². The summed E-state index contributed by atoms with van der Waals surface area (Å²) in [4.78, 5) is 2.50. The van der Waals surface area contributed by atoms with E-state index in [1.54, 1.807) is 0 Å². The van der Waals surface area contributed by atoms with Gasteiger partial charge in [-0.25, -0.2) is 0 Å². The lowest BCUT2D eigenvalue weighted by atomic mass is 9.80. The molecule has 1 aromatic carbocycles. The van der Waals surface area contributed by atoms with Crippen molar-refractivity contribution in [3.63, 3.8) is 0 Å². The minimum atomic E-state index is 0.178. The van der Waals surface area contributed by atoms with Crippen molar-refractivity contribution in [1.29, 1.82) is 0 Å². The summed E-state index contributed by atoms with van der Waals surface area (Å²) in [5, 5.41) is 0. The quantitative estimate of drug-likeness (QED) is 0.713. The molecule has 0 bridgehead atoms. The van der Waals surface area contributed by atoms with E-state index in [4.69, 9.17) is 9.47 Å². The van der Waals surface area contributed by atoms with Crippen LogP contribution in [0, 0.1) is 0 Å². The largest absolute Gasteiger partial charge is 0.379 e. The van der Waals surface area contributed by atoms with Gasteiger partial charge in [0.25, 0.3) is 0 Å². The third-order valence-electron chi connectivity index (χ3n) is 4.33. The topological polar surface area (TPSA) is 21.7 Å². The Kier molecular flexibility index (Phi) is 5.65. The maximum atomic E-state index is 5.71. The molecule has 0 radical (unpaired) electrons. The van der Waals surface area contributed by atoms with Gasteiger partial charge >= 0.3 is 0 Å². The number of para-hydroxylation sites is 1. The molecule has 1 aromatic rings. The molecule has 118 valence electrons. The van der Waals surface area contributed by atoms with Crippen LogP contribution >= 0.6 is 0 Å². The van der Waals surface area contributed by atoms with E-state index in [9.17, 15) is 0 Å². The molecule has 0 saturated carbocycles. The summed E-state index contributed by atoms with van der Waals surface area (Å²) in [7, 11) is 0. The number of rotatable bonds is 7. The molecular weight excluding hydrogens is 262 g/mol. The molecule has 0 spiro atoms. The van der Waals surface area contributed by atoms with Crippen LogP contribution in [0.3, 0.4) is 0 Å². The zero-order valence-corrected chi connectivity index (χ0v) is 13.9. The lowest BCUT2D eigenvalue weighted by Gasteiger charge is -2.47. The zero-order valence-electron chi connectivity index (χ0n) is 13.9. The van der Waals surface area contributed by atoms with Gasteiger partial charge in [-0.15, -0.1) is 0 Å². The van der Waals surface area contributed by atoms with E-state index in [0.717, 1.165) is 19.8 Å². The van der Waals surface area contributed by atoms with E-state index < -0.39 is 0 Å². The fourth-order valence-electron chi connectivity index (χ4n) is 3.39. The lowest BCUT2D eigenvalue weighted by Crippen LogP contribution is -2.49. The Bertz CT molecular complexity index is 445. The highest BCUT2D eigenvalue weighted by atomic mass is 16.5. The molecule has 21 heavy (non-hydrogen) atoms. The maximum Gasteiger partial charge on any atom is 0.0701 e. The average Bonchev–Trinajstić information content (AvgIpc) is 2.45. The molecule has 0 N–H and O–H groups in total. The Morgan fingerprint density at radius 2 is 1.86 bits per heavy atom. The van der Waals surface area contributed by atoms with Crippen molar-refractivity contribution >= 4 is 5.69 Å². The van der Waals surface area contributed by atoms with Gasteiger partial charge in [-0.2, -0.15) is 0 Å². The van der Waals surface area contributed by atoms with Gasteiger partial charge < -0.3 is 14.4 Å². The molecule has 0 aromatic heterocycles. The van der Waals surface area contributed by atoms with Gasteiger partial charge in [0.2, 0.25) is 0 Å². The number of anilines is 1. The van der Waals surface area contributed by atoms with E-state index in [-0.39, 0.29) is 5.54 Å². The van der Waals surface area contributed by atoms with Gasteiger partial charge in [0.1, 0.15) is 0 Å². The number of hydrogen-bond donors (Lipinski definition) is 0. The van der Waals surface area contributed by atoms with Crippen molar-refractivity contribution in [2.75, 3.05) is 37.9 Å². The molecule has 0 saturated heterocycles. The molecule has 1 atom stereocenters. The first-order valence-electron chi connectivity index (χ1n) is 8.08. The fourth-order valence-corrected chi connectivity index (χ4v) is 3.39. The van der Waals surface area contributed by atoms with Crippen LogP contribution in [0.5, 0.6) is 0 Å². The summed E-state index contributed by atoms with van der Waals surface area (Å²) >= 11 is 0. The maximum absolute atomic E-state index is 5.71. The minimum absolute atomic E-state index is 0.178. The minimum Gasteiger partial charge on any atom is -0.379 e. The molecule has 1 aliphatic heterocycles. The molecule has 3 heteroatoms. The monoisotopic (exact) mass is 291 g/mol. The fraction of sp³-hybridized carbons (Fsp3) is 0.667. The van der Waals surface area contributed by atoms with Crippen molar-refractivity contribution in [1.82, 2.24) is 0 Å². The third-order valence-corrected chi connectivity index (χ3v) is 4.33. The van der Waals surface area contributed by atoms with Crippen LogP contribution < -0.4 is 4.90 Å². The summed E-state index contributed by atoms with van der Waals surface area (Å²) in [5.74, 6) is 0.617. The summed E-state index contributed by atoms with van der Waals surface area (Å²) < 4.78 is 11.0. The molecular formula is C18H29NO2. The van der Waals surface area contributed by atoms with Gasteiger partial charge in [-0.3, -0.25) is 0 Å². The van der Waals surface area contributed by atoms with Crippen LogP contribution in [-0.2, 0) is 9.47 Å². The number of benzene rings is 1. The predicted molar refractivity (Wildman–Crippen MR) is 88.2 cm³/mol. The number of ether oxygens (including phenoxy) is 2. The smallest absolute Gasteiger partial charge is 0.0701 e. The second kappa shape index (κ2) is 7.28. The van der Waals surface area contributed by atoms with E-state index in [2.05, 4.69) is 49.9 Å². The predicted octanol–water partition coefficient (Wildman–Crippen LogP) is 3.83. The van der Waals surface area contributed by atoms with Crippen LogP contribution in [-0.4, -0.2) is 38.5 Å². The van der Waals surface area contributed by atoms with Gasteiger partial charge in [-0.05, 0) is 44.7 Å². The van der Waals surface area contributed by atoms with Crippen LogP contribution in [0.15, 0.2) is 24.3 Å². The van der Waals surface area contributed by atoms with Crippen LogP contribution in [0.4, 0.5) is 5.69 Å². The normalized spacial score (nSPS) is 20.4. The Hall–Kier alpha value is -1.06. The standard InChI is InChI=1S/C18H29NO2/c1-5-20-12-13-21-11-10-19-17-9-7-6-8-16(17)15(2)14-18(19,3)4/h6-9,15H,5,10-14H2,1-4H3/t15-/m1/s1. The number of hydrogen-bond acceptors (Lipinski definition) is 3. The highest BCUT2D eigenvalue weighted by molar-refractivity contribution is 5.59. The first-order valence-corrected chi connectivity index (χ1v) is 8.08. The Morgan fingerprint density at radius 1 is 1.14 bits per heavy atom. The van der Waals surface area contributed by atoms with Crippen molar-refractivity contribution in [2.24, 2.45) is 0 Å². The van der Waals surface area contributed by atoms with Crippen molar-refractivity contribution < 1.29 is 9.47 Å². The molecule has 2 rings (SSSR count). The first kappa shape index (κ1) is 16.3. The number of nitrogens with zero attached hydrogens (tertiary/aromatic N) is 1. The Labute approximate surface area is 129 Å². The van der Waals surface area contributed by atoms with Crippen LogP contribution in [0.2, 0.25) is 0 Å².